The summed E-state index contributed by atoms with van der Waals surface area (Å²) >= 11 is 3.35. The minimum Gasteiger partial charge on any atom is -0.479 e. The zero-order valence-corrected chi connectivity index (χ0v) is 10.8. The molecule has 1 aliphatic rings. The molecule has 1 atom stereocenters. The number of benzene rings is 1. The molecule has 1 unspecified atom stereocenters. The summed E-state index contributed by atoms with van der Waals surface area (Å²) in [7, 11) is 0. The van der Waals surface area contributed by atoms with Crippen LogP contribution in [0.4, 0.5) is 10.1 Å². The number of nitrogens with zero attached hydrogens (tertiary/aromatic N) is 1. The van der Waals surface area contributed by atoms with Crippen molar-refractivity contribution in [3.05, 3.63) is 28.7 Å². The number of halogens is 2. The lowest BCUT2D eigenvalue weighted by molar-refractivity contribution is -0.151. The molecular weight excluding hydrogens is 289 g/mol. The molecule has 0 aromatic heterocycles. The van der Waals surface area contributed by atoms with Crippen molar-refractivity contribution in [3.8, 4) is 0 Å². The van der Waals surface area contributed by atoms with Crippen molar-refractivity contribution in [2.75, 3.05) is 18.0 Å². The first kappa shape index (κ1) is 12.4. The second-order valence-electron chi connectivity index (χ2n) is 4.28. The molecule has 1 heterocycles. The smallest absolute Gasteiger partial charge is 0.343 e. The Bertz CT molecular complexity index is 440. The maximum atomic E-state index is 14.1. The number of carboxylic acids is 1. The molecule has 1 N–H and O–H groups in total. The Hall–Kier alpha value is -1.10. The van der Waals surface area contributed by atoms with Crippen LogP contribution >= 0.6 is 15.9 Å². The van der Waals surface area contributed by atoms with E-state index in [-0.39, 0.29) is 13.0 Å². The van der Waals surface area contributed by atoms with Gasteiger partial charge in [-0.1, -0.05) is 22.0 Å². The Morgan fingerprint density at radius 2 is 2.29 bits per heavy atom. The van der Waals surface area contributed by atoms with Crippen LogP contribution in [0.15, 0.2) is 28.7 Å². The van der Waals surface area contributed by atoms with E-state index in [0.717, 1.165) is 10.2 Å². The van der Waals surface area contributed by atoms with Crippen molar-refractivity contribution < 1.29 is 14.3 Å². The van der Waals surface area contributed by atoms with Crippen LogP contribution in [0.5, 0.6) is 0 Å². The Balaban J connectivity index is 2.20. The third-order valence-electron chi connectivity index (χ3n) is 3.00. The summed E-state index contributed by atoms with van der Waals surface area (Å²) < 4.78 is 15.0. The van der Waals surface area contributed by atoms with Gasteiger partial charge in [0.25, 0.3) is 0 Å². The number of aliphatic carboxylic acids is 1. The summed E-state index contributed by atoms with van der Waals surface area (Å²) in [4.78, 5) is 12.7. The largest absolute Gasteiger partial charge is 0.479 e. The number of rotatable bonds is 2. The minimum absolute atomic E-state index is 0.0845. The van der Waals surface area contributed by atoms with Gasteiger partial charge in [-0.3, -0.25) is 0 Å². The monoisotopic (exact) mass is 301 g/mol. The summed E-state index contributed by atoms with van der Waals surface area (Å²) in [5.74, 6) is -1.36. The number of alkyl halides is 1. The van der Waals surface area contributed by atoms with E-state index in [4.69, 9.17) is 5.11 Å². The van der Waals surface area contributed by atoms with Crippen molar-refractivity contribution in [1.29, 1.82) is 0 Å². The Morgan fingerprint density at radius 3 is 2.94 bits per heavy atom. The van der Waals surface area contributed by atoms with E-state index in [9.17, 15) is 9.18 Å². The summed E-state index contributed by atoms with van der Waals surface area (Å²) in [6, 6.07) is 7.47. The maximum absolute atomic E-state index is 14.1. The quantitative estimate of drug-likeness (QED) is 0.913. The van der Waals surface area contributed by atoms with Gasteiger partial charge in [0.2, 0.25) is 5.67 Å². The van der Waals surface area contributed by atoms with Crippen molar-refractivity contribution in [2.45, 2.75) is 18.5 Å². The average molecular weight is 302 g/mol. The lowest BCUT2D eigenvalue weighted by Crippen LogP contribution is -2.50. The van der Waals surface area contributed by atoms with E-state index in [2.05, 4.69) is 15.9 Å². The number of carbonyl (C=O) groups is 1. The number of piperidine rings is 1. The summed E-state index contributed by atoms with van der Waals surface area (Å²) in [5, 5.41) is 8.91. The molecule has 92 valence electrons. The fourth-order valence-corrected chi connectivity index (χ4v) is 2.47. The number of hydrogen-bond donors (Lipinski definition) is 1. The highest BCUT2D eigenvalue weighted by Crippen LogP contribution is 2.30. The SMILES string of the molecule is O=C(O)C1(F)CCCN(c2cccc(Br)c2)C1. The van der Waals surface area contributed by atoms with Gasteiger partial charge < -0.3 is 10.0 Å². The molecule has 0 bridgehead atoms. The number of carboxylic acid groups (broad SMARTS) is 1. The van der Waals surface area contributed by atoms with Crippen LogP contribution in [0.3, 0.4) is 0 Å². The molecule has 1 aromatic rings. The lowest BCUT2D eigenvalue weighted by Gasteiger charge is -2.36. The van der Waals surface area contributed by atoms with Crippen molar-refractivity contribution in [2.24, 2.45) is 0 Å². The Morgan fingerprint density at radius 1 is 1.53 bits per heavy atom. The second-order valence-corrected chi connectivity index (χ2v) is 5.19. The molecule has 1 aromatic carbocycles. The molecule has 0 aliphatic carbocycles. The number of hydrogen-bond acceptors (Lipinski definition) is 2. The number of anilines is 1. The minimum atomic E-state index is -2.12. The lowest BCUT2D eigenvalue weighted by atomic mass is 9.94. The van der Waals surface area contributed by atoms with Crippen LogP contribution in [0.1, 0.15) is 12.8 Å². The molecule has 0 spiro atoms. The highest BCUT2D eigenvalue weighted by atomic mass is 79.9. The maximum Gasteiger partial charge on any atom is 0.343 e. The summed E-state index contributed by atoms with van der Waals surface area (Å²) in [6.07, 6.45) is 0.641. The van der Waals surface area contributed by atoms with E-state index in [1.54, 1.807) is 4.90 Å². The van der Waals surface area contributed by atoms with Crippen LogP contribution in [0.2, 0.25) is 0 Å². The fraction of sp³-hybridized carbons (Fsp3) is 0.417. The van der Waals surface area contributed by atoms with Gasteiger partial charge in [0.1, 0.15) is 0 Å². The molecule has 0 saturated carbocycles. The second kappa shape index (κ2) is 4.64. The topological polar surface area (TPSA) is 40.5 Å². The van der Waals surface area contributed by atoms with Crippen LogP contribution in [0, 0.1) is 0 Å². The van der Waals surface area contributed by atoms with E-state index in [0.29, 0.717) is 13.0 Å². The van der Waals surface area contributed by atoms with Gasteiger partial charge in [-0.05, 0) is 31.0 Å². The molecule has 1 aliphatic heterocycles. The van der Waals surface area contributed by atoms with E-state index in [1.165, 1.54) is 0 Å². The molecule has 1 saturated heterocycles. The standard InChI is InChI=1S/C12H13BrFNO2/c13-9-3-1-4-10(7-9)15-6-2-5-12(14,8-15)11(16)17/h1,3-4,7H,2,5-6,8H2,(H,16,17). The zero-order chi connectivity index (χ0) is 12.5. The zero-order valence-electron chi connectivity index (χ0n) is 9.20. The molecule has 17 heavy (non-hydrogen) atoms. The first-order valence-electron chi connectivity index (χ1n) is 5.44. The normalized spacial score (nSPS) is 24.7. The van der Waals surface area contributed by atoms with E-state index >= 15 is 0 Å². The predicted molar refractivity (Wildman–Crippen MR) is 67.1 cm³/mol. The van der Waals surface area contributed by atoms with Gasteiger partial charge in [-0.2, -0.15) is 0 Å². The highest BCUT2D eigenvalue weighted by molar-refractivity contribution is 9.10. The Kier molecular flexibility index (Phi) is 3.38. The van der Waals surface area contributed by atoms with E-state index in [1.807, 2.05) is 24.3 Å². The third kappa shape index (κ3) is 2.60. The van der Waals surface area contributed by atoms with Crippen LogP contribution in [-0.4, -0.2) is 29.8 Å². The van der Waals surface area contributed by atoms with Crippen molar-refractivity contribution >= 4 is 27.6 Å². The third-order valence-corrected chi connectivity index (χ3v) is 3.49. The van der Waals surface area contributed by atoms with Crippen molar-refractivity contribution in [1.82, 2.24) is 0 Å². The molecular formula is C12H13BrFNO2. The van der Waals surface area contributed by atoms with Gasteiger partial charge in [-0.15, -0.1) is 0 Å². The average Bonchev–Trinajstić information content (AvgIpc) is 2.29. The molecule has 1 fully saturated rings. The van der Waals surface area contributed by atoms with Crippen LogP contribution in [-0.2, 0) is 4.79 Å². The Labute approximate surface area is 107 Å². The van der Waals surface area contributed by atoms with E-state index < -0.39 is 11.6 Å². The van der Waals surface area contributed by atoms with Crippen LogP contribution in [0.25, 0.3) is 0 Å². The van der Waals surface area contributed by atoms with Gasteiger partial charge in [-0.25, -0.2) is 9.18 Å². The molecule has 0 amide bonds. The highest BCUT2D eigenvalue weighted by Gasteiger charge is 2.42. The first-order valence-corrected chi connectivity index (χ1v) is 6.23. The predicted octanol–water partition coefficient (Wildman–Crippen LogP) is 2.84. The van der Waals surface area contributed by atoms with Gasteiger partial charge in [0.15, 0.2) is 0 Å². The van der Waals surface area contributed by atoms with Crippen LogP contribution < -0.4 is 4.90 Å². The summed E-state index contributed by atoms with van der Waals surface area (Å²) in [5.41, 5.74) is -1.28. The molecule has 3 nitrogen and oxygen atoms in total. The van der Waals surface area contributed by atoms with Crippen molar-refractivity contribution in [3.63, 3.8) is 0 Å². The van der Waals surface area contributed by atoms with Gasteiger partial charge in [0, 0.05) is 16.7 Å². The van der Waals surface area contributed by atoms with Gasteiger partial charge in [0.05, 0.1) is 6.54 Å². The fourth-order valence-electron chi connectivity index (χ4n) is 2.08. The summed E-state index contributed by atoms with van der Waals surface area (Å²) in [6.45, 7) is 0.605. The molecule has 0 radical (unpaired) electrons. The molecule has 2 rings (SSSR count). The van der Waals surface area contributed by atoms with Gasteiger partial charge >= 0.3 is 5.97 Å². The first-order chi connectivity index (χ1) is 8.01. The molecule has 5 heteroatoms.